The Morgan fingerprint density at radius 1 is 0.957 bits per heavy atom. The van der Waals surface area contributed by atoms with Crippen molar-refractivity contribution in [2.45, 2.75) is 71.1 Å². The minimum Gasteiger partial charge on any atom is -0.504 e. The third kappa shape index (κ3) is 9.27. The number of nitrogens with zero attached hydrogens (tertiary/aromatic N) is 1. The smallest absolute Gasteiger partial charge is 0.161 e. The van der Waals surface area contributed by atoms with Gasteiger partial charge in [-0.2, -0.15) is 0 Å². The van der Waals surface area contributed by atoms with Gasteiger partial charge in [0, 0.05) is 12.8 Å². The highest BCUT2D eigenvalue weighted by Gasteiger charge is 2.00. The van der Waals surface area contributed by atoms with E-state index in [-0.39, 0.29) is 5.75 Å². The molecule has 0 radical (unpaired) electrons. The molecule has 1 rings (SSSR count). The standard InChI is InChI=1S/C20H33NO2/c1-3-4-5-6-7-8-9-10-11-12-15-21-17-18-13-14-19(22)20(16-18)23-2/h13-14,16-17,22H,3-12,15H2,1-2H3/b21-17+. The van der Waals surface area contributed by atoms with Crippen LogP contribution in [0.25, 0.3) is 0 Å². The number of phenolic OH excluding ortho intramolecular Hbond substituents is 1. The Balaban J connectivity index is 2.02. The summed E-state index contributed by atoms with van der Waals surface area (Å²) in [6, 6.07) is 5.29. The molecule has 0 saturated carbocycles. The van der Waals surface area contributed by atoms with Gasteiger partial charge in [-0.15, -0.1) is 0 Å². The predicted molar refractivity (Wildman–Crippen MR) is 99.0 cm³/mol. The number of methoxy groups -OCH3 is 1. The van der Waals surface area contributed by atoms with E-state index < -0.39 is 0 Å². The molecule has 3 heteroatoms. The molecule has 0 aliphatic rings. The molecule has 1 aromatic carbocycles. The fraction of sp³-hybridized carbons (Fsp3) is 0.650. The molecule has 0 amide bonds. The van der Waals surface area contributed by atoms with Gasteiger partial charge in [0.1, 0.15) is 0 Å². The van der Waals surface area contributed by atoms with E-state index in [9.17, 15) is 5.11 Å². The minimum absolute atomic E-state index is 0.166. The highest BCUT2D eigenvalue weighted by Crippen LogP contribution is 2.25. The topological polar surface area (TPSA) is 41.8 Å². The van der Waals surface area contributed by atoms with Crippen molar-refractivity contribution in [1.82, 2.24) is 0 Å². The SMILES string of the molecule is CCCCCCCCCCCC/N=C/c1ccc(O)c(OC)c1. The quantitative estimate of drug-likeness (QED) is 0.372. The summed E-state index contributed by atoms with van der Waals surface area (Å²) in [5.74, 6) is 0.659. The molecule has 0 aromatic heterocycles. The molecule has 3 nitrogen and oxygen atoms in total. The maximum atomic E-state index is 9.54. The normalized spacial score (nSPS) is 11.2. The molecule has 23 heavy (non-hydrogen) atoms. The Hall–Kier alpha value is -1.51. The van der Waals surface area contributed by atoms with E-state index >= 15 is 0 Å². The zero-order valence-corrected chi connectivity index (χ0v) is 14.9. The number of hydrogen-bond acceptors (Lipinski definition) is 3. The Morgan fingerprint density at radius 3 is 2.17 bits per heavy atom. The van der Waals surface area contributed by atoms with Gasteiger partial charge in [-0.25, -0.2) is 0 Å². The van der Waals surface area contributed by atoms with Crippen molar-refractivity contribution < 1.29 is 9.84 Å². The summed E-state index contributed by atoms with van der Waals surface area (Å²) >= 11 is 0. The van der Waals surface area contributed by atoms with Crippen molar-refractivity contribution in [1.29, 1.82) is 0 Å². The molecule has 0 aliphatic heterocycles. The Kier molecular flexibility index (Phi) is 11.0. The number of rotatable bonds is 13. The molecule has 0 unspecified atom stereocenters. The summed E-state index contributed by atoms with van der Waals surface area (Å²) in [6.45, 7) is 3.14. The summed E-state index contributed by atoms with van der Waals surface area (Å²) in [7, 11) is 1.56. The van der Waals surface area contributed by atoms with Gasteiger partial charge in [-0.05, 0) is 30.2 Å². The Bertz CT molecular complexity index is 443. The monoisotopic (exact) mass is 319 g/mol. The minimum atomic E-state index is 0.166. The number of hydrogen-bond donors (Lipinski definition) is 1. The van der Waals surface area contributed by atoms with Crippen LogP contribution < -0.4 is 4.74 Å². The van der Waals surface area contributed by atoms with Crippen molar-refractivity contribution >= 4 is 6.21 Å². The fourth-order valence-electron chi connectivity index (χ4n) is 2.64. The van der Waals surface area contributed by atoms with Crippen molar-refractivity contribution in [2.75, 3.05) is 13.7 Å². The van der Waals surface area contributed by atoms with E-state index in [1.807, 2.05) is 12.3 Å². The van der Waals surface area contributed by atoms with Gasteiger partial charge in [0.25, 0.3) is 0 Å². The number of ether oxygens (including phenoxy) is 1. The average Bonchev–Trinajstić information content (AvgIpc) is 2.57. The summed E-state index contributed by atoms with van der Waals surface area (Å²) in [4.78, 5) is 4.45. The van der Waals surface area contributed by atoms with Crippen LogP contribution in [0.2, 0.25) is 0 Å². The summed E-state index contributed by atoms with van der Waals surface area (Å²) in [5, 5.41) is 9.54. The molecule has 130 valence electrons. The lowest BCUT2D eigenvalue weighted by atomic mass is 10.1. The van der Waals surface area contributed by atoms with Crippen molar-refractivity contribution in [3.63, 3.8) is 0 Å². The number of unbranched alkanes of at least 4 members (excludes halogenated alkanes) is 9. The largest absolute Gasteiger partial charge is 0.504 e. The predicted octanol–water partition coefficient (Wildman–Crippen LogP) is 5.74. The number of aromatic hydroxyl groups is 1. The molecule has 0 fully saturated rings. The van der Waals surface area contributed by atoms with Gasteiger partial charge in [-0.1, -0.05) is 64.7 Å². The maximum Gasteiger partial charge on any atom is 0.161 e. The first-order valence-corrected chi connectivity index (χ1v) is 9.14. The summed E-state index contributed by atoms with van der Waals surface area (Å²) < 4.78 is 5.09. The molecule has 0 spiro atoms. The molecular formula is C20H33NO2. The fourth-order valence-corrected chi connectivity index (χ4v) is 2.64. The van der Waals surface area contributed by atoms with Gasteiger partial charge < -0.3 is 9.84 Å². The van der Waals surface area contributed by atoms with Crippen LogP contribution in [0.3, 0.4) is 0 Å². The lowest BCUT2D eigenvalue weighted by molar-refractivity contribution is 0.373. The van der Waals surface area contributed by atoms with Crippen LogP contribution in [0.4, 0.5) is 0 Å². The number of phenols is 1. The van der Waals surface area contributed by atoms with E-state index in [2.05, 4.69) is 11.9 Å². The molecular weight excluding hydrogens is 286 g/mol. The highest BCUT2D eigenvalue weighted by molar-refractivity contribution is 5.80. The van der Waals surface area contributed by atoms with Crippen LogP contribution >= 0.6 is 0 Å². The Labute approximate surface area is 141 Å². The van der Waals surface area contributed by atoms with Gasteiger partial charge >= 0.3 is 0 Å². The molecule has 0 heterocycles. The first-order valence-electron chi connectivity index (χ1n) is 9.14. The van der Waals surface area contributed by atoms with Gasteiger partial charge in [-0.3, -0.25) is 4.99 Å². The first-order chi connectivity index (χ1) is 11.3. The second-order valence-electron chi connectivity index (χ2n) is 6.15. The van der Waals surface area contributed by atoms with E-state index in [1.54, 1.807) is 19.2 Å². The number of aliphatic imine (C=N–C) groups is 1. The van der Waals surface area contributed by atoms with Crippen molar-refractivity contribution in [2.24, 2.45) is 4.99 Å². The molecule has 0 saturated heterocycles. The highest BCUT2D eigenvalue weighted by atomic mass is 16.5. The second kappa shape index (κ2) is 13.0. The van der Waals surface area contributed by atoms with Crippen molar-refractivity contribution in [3.05, 3.63) is 23.8 Å². The molecule has 0 atom stereocenters. The van der Waals surface area contributed by atoms with Crippen LogP contribution in [-0.4, -0.2) is 25.0 Å². The van der Waals surface area contributed by atoms with E-state index in [0.717, 1.165) is 18.5 Å². The first kappa shape index (κ1) is 19.5. The van der Waals surface area contributed by atoms with Gasteiger partial charge in [0.05, 0.1) is 7.11 Å². The lowest BCUT2D eigenvalue weighted by Gasteiger charge is -2.03. The molecule has 0 aliphatic carbocycles. The molecule has 1 aromatic rings. The van der Waals surface area contributed by atoms with E-state index in [0.29, 0.717) is 5.75 Å². The van der Waals surface area contributed by atoms with Crippen LogP contribution in [0.1, 0.15) is 76.7 Å². The third-order valence-electron chi connectivity index (χ3n) is 4.08. The van der Waals surface area contributed by atoms with Crippen LogP contribution in [0.5, 0.6) is 11.5 Å². The van der Waals surface area contributed by atoms with E-state index in [1.165, 1.54) is 57.8 Å². The average molecular weight is 319 g/mol. The zero-order chi connectivity index (χ0) is 16.8. The van der Waals surface area contributed by atoms with Gasteiger partial charge in [0.2, 0.25) is 0 Å². The van der Waals surface area contributed by atoms with Crippen LogP contribution in [0, 0.1) is 0 Å². The van der Waals surface area contributed by atoms with Crippen molar-refractivity contribution in [3.8, 4) is 11.5 Å². The van der Waals surface area contributed by atoms with Crippen LogP contribution in [0.15, 0.2) is 23.2 Å². The van der Waals surface area contributed by atoms with Crippen LogP contribution in [-0.2, 0) is 0 Å². The third-order valence-corrected chi connectivity index (χ3v) is 4.08. The molecule has 0 bridgehead atoms. The van der Waals surface area contributed by atoms with Gasteiger partial charge in [0.15, 0.2) is 11.5 Å². The van der Waals surface area contributed by atoms with E-state index in [4.69, 9.17) is 4.74 Å². The zero-order valence-electron chi connectivity index (χ0n) is 14.9. The number of benzene rings is 1. The molecule has 1 N–H and O–H groups in total. The lowest BCUT2D eigenvalue weighted by Crippen LogP contribution is -1.89. The summed E-state index contributed by atoms with van der Waals surface area (Å²) in [5.41, 5.74) is 0.965. The second-order valence-corrected chi connectivity index (χ2v) is 6.15. The Morgan fingerprint density at radius 2 is 1.57 bits per heavy atom. The summed E-state index contributed by atoms with van der Waals surface area (Å²) in [6.07, 6.45) is 15.3. The maximum absolute atomic E-state index is 9.54.